The van der Waals surface area contributed by atoms with Crippen molar-refractivity contribution in [1.29, 1.82) is 0 Å². The number of hydrogen-bond acceptors (Lipinski definition) is 15. The average molecular weight is 1210 g/mol. The van der Waals surface area contributed by atoms with Crippen molar-refractivity contribution in [3.05, 3.63) is 0 Å². The molecule has 0 radical (unpaired) electrons. The van der Waals surface area contributed by atoms with Crippen molar-refractivity contribution in [3.63, 3.8) is 0 Å². The minimum atomic E-state index is -4.94. The maximum atomic E-state index is 13.0. The fourth-order valence-electron chi connectivity index (χ4n) is 9.30. The first-order valence-corrected chi connectivity index (χ1v) is 35.8. The summed E-state index contributed by atoms with van der Waals surface area (Å²) < 4.78 is 67.9. The van der Waals surface area contributed by atoms with E-state index >= 15 is 0 Å². The lowest BCUT2D eigenvalue weighted by Crippen LogP contribution is -2.30. The number of unbranched alkanes of at least 4 members (excludes halogenated alkanes) is 29. The van der Waals surface area contributed by atoms with E-state index in [1.165, 1.54) is 103 Å². The number of rotatable bonds is 61. The van der Waals surface area contributed by atoms with Crippen LogP contribution in [0.2, 0.25) is 0 Å². The minimum Gasteiger partial charge on any atom is -0.462 e. The second-order valence-corrected chi connectivity index (χ2v) is 27.1. The highest BCUT2D eigenvalue weighted by atomic mass is 31.2. The van der Waals surface area contributed by atoms with Crippen LogP contribution in [0.1, 0.15) is 305 Å². The molecule has 0 saturated heterocycles. The second-order valence-electron chi connectivity index (χ2n) is 24.2. The molecule has 0 aromatic heterocycles. The summed E-state index contributed by atoms with van der Waals surface area (Å²) in [5.74, 6) is 0.0245. The van der Waals surface area contributed by atoms with Gasteiger partial charge in [-0.1, -0.05) is 254 Å². The van der Waals surface area contributed by atoms with E-state index in [-0.39, 0.29) is 25.7 Å². The maximum absolute atomic E-state index is 13.0. The highest BCUT2D eigenvalue weighted by Crippen LogP contribution is 2.45. The van der Waals surface area contributed by atoms with Gasteiger partial charge in [-0.25, -0.2) is 9.13 Å². The summed E-state index contributed by atoms with van der Waals surface area (Å²) in [5.41, 5.74) is 0. The van der Waals surface area contributed by atoms with Gasteiger partial charge < -0.3 is 33.8 Å². The Morgan fingerprint density at radius 1 is 0.329 bits per heavy atom. The number of carbonyl (C=O) groups is 4. The fraction of sp³-hybridized carbons (Fsp3) is 0.937. The predicted molar refractivity (Wildman–Crippen MR) is 326 cm³/mol. The molecule has 19 heteroatoms. The zero-order chi connectivity index (χ0) is 61.0. The Balaban J connectivity index is 5.23. The summed E-state index contributed by atoms with van der Waals surface area (Å²) in [7, 11) is -9.88. The number of phosphoric acid groups is 2. The van der Waals surface area contributed by atoms with E-state index in [1.54, 1.807) is 0 Å². The smallest absolute Gasteiger partial charge is 0.462 e. The lowest BCUT2D eigenvalue weighted by atomic mass is 10.0. The number of aliphatic hydroxyl groups is 1. The molecule has 0 aliphatic rings. The third-order valence-electron chi connectivity index (χ3n) is 14.4. The van der Waals surface area contributed by atoms with Gasteiger partial charge in [0.05, 0.1) is 26.4 Å². The molecule has 2 unspecified atom stereocenters. The van der Waals surface area contributed by atoms with Crippen LogP contribution in [0, 0.1) is 17.8 Å². The third kappa shape index (κ3) is 57.2. The molecule has 0 saturated carbocycles. The van der Waals surface area contributed by atoms with Crippen molar-refractivity contribution in [2.75, 3.05) is 39.6 Å². The van der Waals surface area contributed by atoms with Gasteiger partial charge in [0, 0.05) is 25.7 Å². The highest BCUT2D eigenvalue weighted by molar-refractivity contribution is 7.47. The number of ether oxygens (including phenoxy) is 4. The first kappa shape index (κ1) is 80.1. The first-order chi connectivity index (χ1) is 39.2. The van der Waals surface area contributed by atoms with E-state index in [4.69, 9.17) is 37.0 Å². The molecule has 0 spiro atoms. The molecule has 486 valence electrons. The Bertz CT molecular complexity index is 1630. The summed E-state index contributed by atoms with van der Waals surface area (Å²) in [6, 6.07) is 0. The lowest BCUT2D eigenvalue weighted by Gasteiger charge is -2.21. The van der Waals surface area contributed by atoms with Crippen LogP contribution in [0.5, 0.6) is 0 Å². The van der Waals surface area contributed by atoms with Crippen LogP contribution < -0.4 is 0 Å². The summed E-state index contributed by atoms with van der Waals surface area (Å²) in [6.45, 7) is 11.6. The Labute approximate surface area is 498 Å². The summed E-state index contributed by atoms with van der Waals surface area (Å²) in [4.78, 5) is 72.1. The van der Waals surface area contributed by atoms with Gasteiger partial charge in [-0.05, 0) is 43.4 Å². The van der Waals surface area contributed by atoms with Crippen molar-refractivity contribution < 1.29 is 80.2 Å². The van der Waals surface area contributed by atoms with E-state index < -0.39 is 97.5 Å². The van der Waals surface area contributed by atoms with Gasteiger partial charge in [0.25, 0.3) is 0 Å². The number of aliphatic hydroxyl groups excluding tert-OH is 1. The molecule has 0 bridgehead atoms. The molecule has 0 fully saturated rings. The molecule has 0 heterocycles. The van der Waals surface area contributed by atoms with Gasteiger partial charge in [0.2, 0.25) is 0 Å². The zero-order valence-electron chi connectivity index (χ0n) is 52.9. The molecule has 5 atom stereocenters. The SMILES string of the molecule is CCCCCCCCCCC(=O)OC[C@H](COP(=O)(O)OC[C@H](O)COP(=O)(O)OC[C@@H](COC(=O)CCCCCCCCCC(C)C)OC(=O)CCCCCCCCCCCCCC(C)C)OC(=O)CCCCCCCCCC(C)C. The van der Waals surface area contributed by atoms with Gasteiger partial charge in [-0.3, -0.25) is 37.3 Å². The predicted octanol–water partition coefficient (Wildman–Crippen LogP) is 17.1. The van der Waals surface area contributed by atoms with Crippen molar-refractivity contribution in [2.45, 2.75) is 324 Å². The van der Waals surface area contributed by atoms with Crippen LogP contribution in [-0.2, 0) is 65.4 Å². The van der Waals surface area contributed by atoms with Crippen LogP contribution in [0.25, 0.3) is 0 Å². The van der Waals surface area contributed by atoms with Crippen LogP contribution in [0.3, 0.4) is 0 Å². The van der Waals surface area contributed by atoms with Crippen molar-refractivity contribution >= 4 is 39.5 Å². The van der Waals surface area contributed by atoms with E-state index in [2.05, 4.69) is 48.5 Å². The normalized spacial score (nSPS) is 14.4. The van der Waals surface area contributed by atoms with Gasteiger partial charge >= 0.3 is 39.5 Å². The molecule has 17 nitrogen and oxygen atoms in total. The number of esters is 4. The van der Waals surface area contributed by atoms with Gasteiger partial charge in [-0.2, -0.15) is 0 Å². The van der Waals surface area contributed by atoms with Gasteiger partial charge in [-0.15, -0.1) is 0 Å². The maximum Gasteiger partial charge on any atom is 0.472 e. The first-order valence-electron chi connectivity index (χ1n) is 32.8. The molecule has 0 aliphatic heterocycles. The average Bonchev–Trinajstić information content (AvgIpc) is 3.42. The standard InChI is InChI=1S/C63H122O17P2/c1-8-9-10-11-12-23-30-37-44-60(65)73-50-59(80-63(68)47-40-33-26-19-22-29-36-43-56(6)7)53-78-82(71,72)76-49-57(64)48-75-81(69,70)77-52-58(51-74-61(66)45-38-31-25-18-21-28-35-42-55(4)5)79-62(67)46-39-32-24-17-15-13-14-16-20-27-34-41-54(2)3/h54-59,64H,8-53H2,1-7H3,(H,69,70)(H,71,72)/t57-,58-,59-/m1/s1. The summed E-state index contributed by atoms with van der Waals surface area (Å²) in [5, 5.41) is 10.5. The van der Waals surface area contributed by atoms with Crippen molar-refractivity contribution in [2.24, 2.45) is 17.8 Å². The molecule has 0 aromatic rings. The van der Waals surface area contributed by atoms with E-state index in [0.717, 1.165) is 109 Å². The van der Waals surface area contributed by atoms with E-state index in [9.17, 15) is 43.2 Å². The van der Waals surface area contributed by atoms with Crippen LogP contribution >= 0.6 is 15.6 Å². The Hall–Kier alpha value is -1.94. The molecule has 0 rings (SSSR count). The molecule has 3 N–H and O–H groups in total. The number of phosphoric ester groups is 2. The number of hydrogen-bond donors (Lipinski definition) is 3. The molecule has 0 aromatic carbocycles. The van der Waals surface area contributed by atoms with E-state index in [1.807, 2.05) is 0 Å². The quantitative estimate of drug-likeness (QED) is 0.0222. The Morgan fingerprint density at radius 3 is 0.829 bits per heavy atom. The Morgan fingerprint density at radius 2 is 0.561 bits per heavy atom. The third-order valence-corrected chi connectivity index (χ3v) is 16.3. The van der Waals surface area contributed by atoms with Crippen molar-refractivity contribution in [1.82, 2.24) is 0 Å². The van der Waals surface area contributed by atoms with Crippen molar-refractivity contribution in [3.8, 4) is 0 Å². The lowest BCUT2D eigenvalue weighted by molar-refractivity contribution is -0.161. The second kappa shape index (κ2) is 54.5. The summed E-state index contributed by atoms with van der Waals surface area (Å²) >= 11 is 0. The fourth-order valence-corrected chi connectivity index (χ4v) is 10.9. The molecule has 82 heavy (non-hydrogen) atoms. The number of carbonyl (C=O) groups excluding carboxylic acids is 4. The van der Waals surface area contributed by atoms with Gasteiger partial charge in [0.1, 0.15) is 19.3 Å². The molecule has 0 aliphatic carbocycles. The molecular formula is C63H122O17P2. The van der Waals surface area contributed by atoms with Crippen LogP contribution in [0.4, 0.5) is 0 Å². The molecular weight excluding hydrogens is 1090 g/mol. The zero-order valence-corrected chi connectivity index (χ0v) is 54.7. The largest absolute Gasteiger partial charge is 0.472 e. The van der Waals surface area contributed by atoms with E-state index in [0.29, 0.717) is 37.5 Å². The molecule has 0 amide bonds. The minimum absolute atomic E-state index is 0.103. The van der Waals surface area contributed by atoms with Crippen LogP contribution in [-0.4, -0.2) is 96.7 Å². The monoisotopic (exact) mass is 1210 g/mol. The van der Waals surface area contributed by atoms with Gasteiger partial charge in [0.15, 0.2) is 12.2 Å². The van der Waals surface area contributed by atoms with Crippen LogP contribution in [0.15, 0.2) is 0 Å². The summed E-state index contributed by atoms with van der Waals surface area (Å²) in [6.07, 6.45) is 35.0. The topological polar surface area (TPSA) is 237 Å². The Kier molecular flexibility index (Phi) is 53.2. The highest BCUT2D eigenvalue weighted by Gasteiger charge is 2.30.